The van der Waals surface area contributed by atoms with E-state index in [4.69, 9.17) is 13.9 Å². The van der Waals surface area contributed by atoms with Gasteiger partial charge in [0.25, 0.3) is 5.91 Å². The molecule has 6 heteroatoms. The van der Waals surface area contributed by atoms with Gasteiger partial charge in [0.1, 0.15) is 11.9 Å². The van der Waals surface area contributed by atoms with Crippen molar-refractivity contribution in [1.82, 2.24) is 9.80 Å². The standard InChI is InChI=1S/C18H26N2O4/c21-17(16-4-2-9-24-16)20-7-10-22-14-18(13-20)5-6-19(12-18)11-15-3-1-8-23-15/h1,3,8,16H,2,4-7,9-14H2. The Morgan fingerprint density at radius 1 is 1.29 bits per heavy atom. The van der Waals surface area contributed by atoms with Crippen molar-refractivity contribution in [3.63, 3.8) is 0 Å². The lowest BCUT2D eigenvalue weighted by atomic mass is 9.87. The Morgan fingerprint density at radius 2 is 2.25 bits per heavy atom. The second-order valence-electron chi connectivity index (χ2n) is 7.35. The van der Waals surface area contributed by atoms with E-state index in [2.05, 4.69) is 4.90 Å². The van der Waals surface area contributed by atoms with Gasteiger partial charge in [0.15, 0.2) is 0 Å². The predicted octanol–water partition coefficient (Wildman–Crippen LogP) is 1.51. The average Bonchev–Trinajstić information content (AvgIpc) is 3.30. The summed E-state index contributed by atoms with van der Waals surface area (Å²) in [5, 5.41) is 0. The maximum absolute atomic E-state index is 12.7. The Balaban J connectivity index is 1.41. The number of carbonyl (C=O) groups excluding carboxylic acids is 1. The number of carbonyl (C=O) groups is 1. The van der Waals surface area contributed by atoms with Crippen molar-refractivity contribution < 1.29 is 18.7 Å². The summed E-state index contributed by atoms with van der Waals surface area (Å²) in [5.41, 5.74) is 0.0390. The van der Waals surface area contributed by atoms with Crippen molar-refractivity contribution in [2.45, 2.75) is 31.9 Å². The zero-order valence-corrected chi connectivity index (χ0v) is 14.1. The SMILES string of the molecule is O=C(C1CCCO1)N1CCOCC2(CCN(Cc3ccco3)C2)C1. The van der Waals surface area contributed by atoms with Gasteiger partial charge in [0.2, 0.25) is 0 Å². The molecule has 4 rings (SSSR count). The van der Waals surface area contributed by atoms with Gasteiger partial charge in [-0.05, 0) is 37.9 Å². The van der Waals surface area contributed by atoms with Gasteiger partial charge < -0.3 is 18.8 Å². The van der Waals surface area contributed by atoms with Crippen LogP contribution in [0, 0.1) is 5.41 Å². The van der Waals surface area contributed by atoms with Crippen LogP contribution in [0.3, 0.4) is 0 Å². The molecule has 1 amide bonds. The first kappa shape index (κ1) is 16.1. The van der Waals surface area contributed by atoms with E-state index in [9.17, 15) is 4.79 Å². The Kier molecular flexibility index (Phi) is 4.61. The molecule has 1 aromatic heterocycles. The van der Waals surface area contributed by atoms with Crippen molar-refractivity contribution in [2.75, 3.05) is 46.0 Å². The van der Waals surface area contributed by atoms with E-state index in [1.807, 2.05) is 17.0 Å². The molecule has 3 aliphatic rings. The van der Waals surface area contributed by atoms with E-state index >= 15 is 0 Å². The van der Waals surface area contributed by atoms with Crippen molar-refractivity contribution in [3.8, 4) is 0 Å². The number of furan rings is 1. The highest BCUT2D eigenvalue weighted by Crippen LogP contribution is 2.34. The first-order valence-electron chi connectivity index (χ1n) is 8.97. The minimum Gasteiger partial charge on any atom is -0.468 e. The van der Waals surface area contributed by atoms with Crippen LogP contribution in [0.25, 0.3) is 0 Å². The van der Waals surface area contributed by atoms with Crippen LogP contribution < -0.4 is 0 Å². The molecule has 0 bridgehead atoms. The Bertz CT molecular complexity index is 555. The number of hydrogen-bond donors (Lipinski definition) is 0. The summed E-state index contributed by atoms with van der Waals surface area (Å²) < 4.78 is 16.9. The van der Waals surface area contributed by atoms with Crippen LogP contribution in [0.5, 0.6) is 0 Å². The molecule has 4 heterocycles. The minimum absolute atomic E-state index is 0.0390. The molecule has 0 aromatic carbocycles. The summed E-state index contributed by atoms with van der Waals surface area (Å²) in [6, 6.07) is 3.94. The largest absolute Gasteiger partial charge is 0.468 e. The molecule has 132 valence electrons. The molecular weight excluding hydrogens is 308 g/mol. The average molecular weight is 334 g/mol. The molecule has 2 unspecified atom stereocenters. The Morgan fingerprint density at radius 3 is 3.04 bits per heavy atom. The molecule has 1 aromatic rings. The molecule has 0 N–H and O–H groups in total. The van der Waals surface area contributed by atoms with E-state index in [-0.39, 0.29) is 17.4 Å². The van der Waals surface area contributed by atoms with Crippen molar-refractivity contribution >= 4 is 5.91 Å². The maximum atomic E-state index is 12.7. The summed E-state index contributed by atoms with van der Waals surface area (Å²) in [5.74, 6) is 1.15. The Hall–Kier alpha value is -1.37. The lowest BCUT2D eigenvalue weighted by Crippen LogP contribution is -2.46. The highest BCUT2D eigenvalue weighted by atomic mass is 16.5. The van der Waals surface area contributed by atoms with Crippen molar-refractivity contribution in [1.29, 1.82) is 0 Å². The second kappa shape index (κ2) is 6.86. The molecule has 2 atom stereocenters. The molecular formula is C18H26N2O4. The molecule has 3 fully saturated rings. The number of nitrogens with zero attached hydrogens (tertiary/aromatic N) is 2. The van der Waals surface area contributed by atoms with Gasteiger partial charge in [0, 0.05) is 31.7 Å². The lowest BCUT2D eigenvalue weighted by Gasteiger charge is -2.33. The molecule has 3 aliphatic heterocycles. The summed E-state index contributed by atoms with van der Waals surface area (Å²) in [7, 11) is 0. The fourth-order valence-electron chi connectivity index (χ4n) is 4.19. The molecule has 0 saturated carbocycles. The summed E-state index contributed by atoms with van der Waals surface area (Å²) in [4.78, 5) is 17.1. The molecule has 3 saturated heterocycles. The number of amides is 1. The zero-order valence-electron chi connectivity index (χ0n) is 14.1. The number of ether oxygens (including phenoxy) is 2. The number of hydrogen-bond acceptors (Lipinski definition) is 5. The van der Waals surface area contributed by atoms with Gasteiger partial charge in [-0.1, -0.05) is 0 Å². The van der Waals surface area contributed by atoms with Gasteiger partial charge >= 0.3 is 0 Å². The zero-order chi connectivity index (χ0) is 16.4. The number of likely N-dealkylation sites (tertiary alicyclic amines) is 1. The van der Waals surface area contributed by atoms with Crippen LogP contribution in [0.15, 0.2) is 22.8 Å². The summed E-state index contributed by atoms with van der Waals surface area (Å²) in [6.45, 7) is 6.32. The fraction of sp³-hybridized carbons (Fsp3) is 0.722. The highest BCUT2D eigenvalue weighted by molar-refractivity contribution is 5.81. The van der Waals surface area contributed by atoms with Crippen LogP contribution in [0.4, 0.5) is 0 Å². The quantitative estimate of drug-likeness (QED) is 0.839. The van der Waals surface area contributed by atoms with Crippen LogP contribution >= 0.6 is 0 Å². The maximum Gasteiger partial charge on any atom is 0.251 e. The van der Waals surface area contributed by atoms with E-state index in [1.165, 1.54) is 0 Å². The highest BCUT2D eigenvalue weighted by Gasteiger charge is 2.43. The van der Waals surface area contributed by atoms with Crippen molar-refractivity contribution in [3.05, 3.63) is 24.2 Å². The third-order valence-electron chi connectivity index (χ3n) is 5.43. The third-order valence-corrected chi connectivity index (χ3v) is 5.43. The monoisotopic (exact) mass is 334 g/mol. The lowest BCUT2D eigenvalue weighted by molar-refractivity contribution is -0.142. The minimum atomic E-state index is -0.235. The van der Waals surface area contributed by atoms with Gasteiger partial charge in [-0.3, -0.25) is 9.69 Å². The topological polar surface area (TPSA) is 55.1 Å². The predicted molar refractivity (Wildman–Crippen MR) is 87.4 cm³/mol. The first-order chi connectivity index (χ1) is 11.7. The first-order valence-corrected chi connectivity index (χ1v) is 8.97. The molecule has 6 nitrogen and oxygen atoms in total. The third kappa shape index (κ3) is 3.36. The van der Waals surface area contributed by atoms with E-state index < -0.39 is 0 Å². The summed E-state index contributed by atoms with van der Waals surface area (Å²) >= 11 is 0. The smallest absolute Gasteiger partial charge is 0.251 e. The van der Waals surface area contributed by atoms with E-state index in [0.29, 0.717) is 19.8 Å². The molecule has 0 radical (unpaired) electrons. The molecule has 1 spiro atoms. The van der Waals surface area contributed by atoms with Crippen LogP contribution in [-0.2, 0) is 20.8 Å². The van der Waals surface area contributed by atoms with E-state index in [0.717, 1.165) is 57.8 Å². The van der Waals surface area contributed by atoms with Gasteiger partial charge in [-0.15, -0.1) is 0 Å². The fourth-order valence-corrected chi connectivity index (χ4v) is 4.19. The summed E-state index contributed by atoms with van der Waals surface area (Å²) in [6.07, 6.45) is 4.39. The second-order valence-corrected chi connectivity index (χ2v) is 7.35. The molecule has 0 aliphatic carbocycles. The molecule has 24 heavy (non-hydrogen) atoms. The Labute approximate surface area is 142 Å². The van der Waals surface area contributed by atoms with E-state index in [1.54, 1.807) is 6.26 Å². The van der Waals surface area contributed by atoms with Crippen LogP contribution in [0.2, 0.25) is 0 Å². The van der Waals surface area contributed by atoms with Crippen LogP contribution in [0.1, 0.15) is 25.0 Å². The normalized spacial score (nSPS) is 31.7. The van der Waals surface area contributed by atoms with Gasteiger partial charge in [0.05, 0.1) is 26.0 Å². The van der Waals surface area contributed by atoms with Gasteiger partial charge in [-0.25, -0.2) is 0 Å². The van der Waals surface area contributed by atoms with Crippen molar-refractivity contribution in [2.24, 2.45) is 5.41 Å². The number of rotatable bonds is 3. The van der Waals surface area contributed by atoms with Gasteiger partial charge in [-0.2, -0.15) is 0 Å². The van der Waals surface area contributed by atoms with Crippen LogP contribution in [-0.4, -0.2) is 67.8 Å².